The molecule has 1 saturated heterocycles. The summed E-state index contributed by atoms with van der Waals surface area (Å²) in [6, 6.07) is 12.9. The van der Waals surface area contributed by atoms with Crippen LogP contribution in [-0.4, -0.2) is 35.8 Å². The zero-order valence-corrected chi connectivity index (χ0v) is 14.2. The maximum atomic E-state index is 12.3. The van der Waals surface area contributed by atoms with Crippen LogP contribution in [0, 0.1) is 5.92 Å². The van der Waals surface area contributed by atoms with Gasteiger partial charge in [-0.05, 0) is 29.8 Å². The second kappa shape index (κ2) is 8.24. The second-order valence-corrected chi connectivity index (χ2v) is 6.09. The molecule has 0 bridgehead atoms. The molecule has 7 nitrogen and oxygen atoms in total. The van der Waals surface area contributed by atoms with Crippen LogP contribution in [0.3, 0.4) is 0 Å². The molecular weight excluding hydrogens is 332 g/mol. The number of para-hydroxylation sites is 1. The van der Waals surface area contributed by atoms with E-state index in [9.17, 15) is 14.4 Å². The molecule has 0 spiro atoms. The first-order valence-corrected chi connectivity index (χ1v) is 8.42. The summed E-state index contributed by atoms with van der Waals surface area (Å²) in [5.41, 5.74) is 1.71. The molecule has 1 aromatic heterocycles. The van der Waals surface area contributed by atoms with Gasteiger partial charge in [0.25, 0.3) is 0 Å². The zero-order chi connectivity index (χ0) is 18.4. The van der Waals surface area contributed by atoms with E-state index in [1.807, 2.05) is 30.3 Å². The largest absolute Gasteiger partial charge is 0.350 e. The fourth-order valence-electron chi connectivity index (χ4n) is 2.82. The van der Waals surface area contributed by atoms with E-state index in [0.717, 1.165) is 11.3 Å². The van der Waals surface area contributed by atoms with Gasteiger partial charge in [-0.3, -0.25) is 19.4 Å². The molecule has 3 amide bonds. The van der Waals surface area contributed by atoms with Gasteiger partial charge in [-0.1, -0.05) is 18.2 Å². The van der Waals surface area contributed by atoms with Crippen molar-refractivity contribution in [1.82, 2.24) is 15.6 Å². The van der Waals surface area contributed by atoms with Gasteiger partial charge in [-0.15, -0.1) is 0 Å². The number of carbonyl (C=O) groups is 3. The number of hydrogen-bond donors (Lipinski definition) is 2. The Kier molecular flexibility index (Phi) is 5.58. The summed E-state index contributed by atoms with van der Waals surface area (Å²) in [7, 11) is 0. The summed E-state index contributed by atoms with van der Waals surface area (Å²) in [4.78, 5) is 41.8. The molecule has 2 heterocycles. The first kappa shape index (κ1) is 17.6. The van der Waals surface area contributed by atoms with Crippen molar-refractivity contribution in [2.24, 2.45) is 5.92 Å². The van der Waals surface area contributed by atoms with Crippen LogP contribution in [0.2, 0.25) is 0 Å². The smallest absolute Gasteiger partial charge is 0.239 e. The van der Waals surface area contributed by atoms with Gasteiger partial charge in [0.15, 0.2) is 0 Å². The molecule has 0 saturated carbocycles. The topological polar surface area (TPSA) is 91.4 Å². The van der Waals surface area contributed by atoms with Crippen LogP contribution in [0.15, 0.2) is 54.9 Å². The molecule has 1 fully saturated rings. The molecule has 26 heavy (non-hydrogen) atoms. The van der Waals surface area contributed by atoms with Crippen molar-refractivity contribution >= 4 is 23.4 Å². The quantitative estimate of drug-likeness (QED) is 0.807. The second-order valence-electron chi connectivity index (χ2n) is 6.09. The van der Waals surface area contributed by atoms with E-state index in [4.69, 9.17) is 0 Å². The Balaban J connectivity index is 1.45. The van der Waals surface area contributed by atoms with Crippen LogP contribution in [0.4, 0.5) is 5.69 Å². The molecule has 2 aromatic rings. The SMILES string of the molecule is O=C(CNC(=O)[C@H]1CC(=O)N(c2ccccc2)C1)NCc1ccncc1. The van der Waals surface area contributed by atoms with E-state index >= 15 is 0 Å². The van der Waals surface area contributed by atoms with Gasteiger partial charge >= 0.3 is 0 Å². The Labute approximate surface area is 151 Å². The lowest BCUT2D eigenvalue weighted by molar-refractivity contribution is -0.129. The lowest BCUT2D eigenvalue weighted by atomic mass is 10.1. The van der Waals surface area contributed by atoms with Crippen LogP contribution in [0.25, 0.3) is 0 Å². The van der Waals surface area contributed by atoms with Crippen LogP contribution in [-0.2, 0) is 20.9 Å². The van der Waals surface area contributed by atoms with Crippen molar-refractivity contribution in [1.29, 1.82) is 0 Å². The summed E-state index contributed by atoms with van der Waals surface area (Å²) in [5, 5.41) is 5.34. The van der Waals surface area contributed by atoms with Gasteiger partial charge in [0, 0.05) is 37.6 Å². The molecular formula is C19H20N4O3. The van der Waals surface area contributed by atoms with E-state index in [1.165, 1.54) is 0 Å². The third-order valence-corrected chi connectivity index (χ3v) is 4.23. The molecule has 1 aromatic carbocycles. The molecule has 1 aliphatic heterocycles. The summed E-state index contributed by atoms with van der Waals surface area (Å²) < 4.78 is 0. The highest BCUT2D eigenvalue weighted by molar-refractivity contribution is 6.00. The van der Waals surface area contributed by atoms with Crippen LogP contribution < -0.4 is 15.5 Å². The highest BCUT2D eigenvalue weighted by Gasteiger charge is 2.35. The van der Waals surface area contributed by atoms with E-state index < -0.39 is 5.92 Å². The van der Waals surface area contributed by atoms with E-state index in [-0.39, 0.29) is 30.7 Å². The van der Waals surface area contributed by atoms with E-state index in [1.54, 1.807) is 29.4 Å². The zero-order valence-electron chi connectivity index (χ0n) is 14.2. The van der Waals surface area contributed by atoms with Crippen molar-refractivity contribution in [3.63, 3.8) is 0 Å². The molecule has 3 rings (SSSR count). The molecule has 0 radical (unpaired) electrons. The molecule has 2 N–H and O–H groups in total. The number of nitrogens with zero attached hydrogens (tertiary/aromatic N) is 2. The maximum absolute atomic E-state index is 12.3. The van der Waals surface area contributed by atoms with Gasteiger partial charge in [-0.2, -0.15) is 0 Å². The maximum Gasteiger partial charge on any atom is 0.239 e. The Bertz CT molecular complexity index is 780. The van der Waals surface area contributed by atoms with E-state index in [2.05, 4.69) is 15.6 Å². The van der Waals surface area contributed by atoms with Crippen molar-refractivity contribution in [2.45, 2.75) is 13.0 Å². The molecule has 1 aliphatic rings. The number of aromatic nitrogens is 1. The first-order chi connectivity index (χ1) is 12.6. The molecule has 7 heteroatoms. The number of anilines is 1. The summed E-state index contributed by atoms with van der Waals surface area (Å²) in [6.45, 7) is 0.591. The van der Waals surface area contributed by atoms with Crippen molar-refractivity contribution in [3.05, 3.63) is 60.4 Å². The normalized spacial score (nSPS) is 16.4. The molecule has 0 unspecified atom stereocenters. The Morgan fingerprint density at radius 1 is 1.08 bits per heavy atom. The number of hydrogen-bond acceptors (Lipinski definition) is 4. The standard InChI is InChI=1S/C19H20N4O3/c24-17(21-11-14-6-8-20-9-7-14)12-22-19(26)15-10-18(25)23(13-15)16-4-2-1-3-5-16/h1-9,15H,10-13H2,(H,21,24)(H,22,26)/t15-/m0/s1. The lowest BCUT2D eigenvalue weighted by Gasteiger charge is -2.16. The summed E-state index contributed by atoms with van der Waals surface area (Å²) >= 11 is 0. The van der Waals surface area contributed by atoms with Crippen LogP contribution >= 0.6 is 0 Å². The number of pyridine rings is 1. The number of benzene rings is 1. The number of nitrogens with one attached hydrogen (secondary N) is 2. The number of amides is 3. The fourth-order valence-corrected chi connectivity index (χ4v) is 2.82. The van der Waals surface area contributed by atoms with Gasteiger partial charge in [0.2, 0.25) is 17.7 Å². The molecule has 0 aliphatic carbocycles. The highest BCUT2D eigenvalue weighted by atomic mass is 16.2. The number of carbonyl (C=O) groups excluding carboxylic acids is 3. The Morgan fingerprint density at radius 3 is 2.54 bits per heavy atom. The monoisotopic (exact) mass is 352 g/mol. The average Bonchev–Trinajstić information content (AvgIpc) is 3.08. The predicted molar refractivity (Wildman–Crippen MR) is 96.0 cm³/mol. The predicted octanol–water partition coefficient (Wildman–Crippen LogP) is 0.867. The van der Waals surface area contributed by atoms with E-state index in [0.29, 0.717) is 13.1 Å². The van der Waals surface area contributed by atoms with Crippen molar-refractivity contribution in [3.8, 4) is 0 Å². The third-order valence-electron chi connectivity index (χ3n) is 4.23. The minimum absolute atomic E-state index is 0.0847. The minimum atomic E-state index is -0.448. The third kappa shape index (κ3) is 4.44. The number of rotatable bonds is 6. The Hall–Kier alpha value is -3.22. The van der Waals surface area contributed by atoms with Crippen LogP contribution in [0.5, 0.6) is 0 Å². The minimum Gasteiger partial charge on any atom is -0.350 e. The van der Waals surface area contributed by atoms with Crippen molar-refractivity contribution in [2.75, 3.05) is 18.0 Å². The average molecular weight is 352 g/mol. The highest BCUT2D eigenvalue weighted by Crippen LogP contribution is 2.24. The van der Waals surface area contributed by atoms with Crippen molar-refractivity contribution < 1.29 is 14.4 Å². The van der Waals surface area contributed by atoms with Gasteiger partial charge in [0.05, 0.1) is 12.5 Å². The lowest BCUT2D eigenvalue weighted by Crippen LogP contribution is -2.40. The van der Waals surface area contributed by atoms with Gasteiger partial charge in [0.1, 0.15) is 0 Å². The van der Waals surface area contributed by atoms with Crippen LogP contribution in [0.1, 0.15) is 12.0 Å². The van der Waals surface area contributed by atoms with Gasteiger partial charge < -0.3 is 15.5 Å². The summed E-state index contributed by atoms with van der Waals surface area (Å²) in [5.74, 6) is -1.09. The fraction of sp³-hybridized carbons (Fsp3) is 0.263. The summed E-state index contributed by atoms with van der Waals surface area (Å²) in [6.07, 6.45) is 3.46. The van der Waals surface area contributed by atoms with Gasteiger partial charge in [-0.25, -0.2) is 0 Å². The molecule has 134 valence electrons. The Morgan fingerprint density at radius 2 is 1.81 bits per heavy atom. The molecule has 1 atom stereocenters. The first-order valence-electron chi connectivity index (χ1n) is 8.42.